The molecule has 0 N–H and O–H groups in total. The number of alkyl halides is 3. The van der Waals surface area contributed by atoms with Crippen LogP contribution in [-0.4, -0.2) is 20.5 Å². The predicted octanol–water partition coefficient (Wildman–Crippen LogP) is 5.28. The normalized spacial score (nSPS) is 12.2. The van der Waals surface area contributed by atoms with Crippen LogP contribution in [0.5, 0.6) is 5.75 Å². The van der Waals surface area contributed by atoms with Crippen molar-refractivity contribution in [3.8, 4) is 5.75 Å². The number of nitrogens with zero attached hydrogens (tertiary/aromatic N) is 1. The number of benzene rings is 1. The molecule has 1 aromatic rings. The van der Waals surface area contributed by atoms with E-state index in [0.717, 1.165) is 19.3 Å². The van der Waals surface area contributed by atoms with Gasteiger partial charge in [-0.2, -0.15) is 13.2 Å². The molecule has 0 spiro atoms. The van der Waals surface area contributed by atoms with Crippen molar-refractivity contribution in [3.05, 3.63) is 29.0 Å². The lowest BCUT2D eigenvalue weighted by Crippen LogP contribution is -2.20. The molecule has 0 aliphatic carbocycles. The first-order chi connectivity index (χ1) is 10.8. The Balaban J connectivity index is 2.37. The van der Waals surface area contributed by atoms with Gasteiger partial charge in [0.25, 0.3) is 0 Å². The molecular weight excluding hydrogens is 331 g/mol. The molecule has 0 atom stereocenters. The molecule has 8 heteroatoms. The van der Waals surface area contributed by atoms with E-state index in [2.05, 4.69) is 11.6 Å². The summed E-state index contributed by atoms with van der Waals surface area (Å²) < 4.78 is 66.6. The third-order valence-corrected chi connectivity index (χ3v) is 4.16. The largest absolute Gasteiger partial charge is 0.569 e. The highest BCUT2D eigenvalue weighted by Gasteiger charge is 2.39. The number of hydrogen-bond acceptors (Lipinski definition) is 3. The fourth-order valence-electron chi connectivity index (χ4n) is 1.87. The first kappa shape index (κ1) is 19.6. The van der Waals surface area contributed by atoms with Gasteiger partial charge in [-0.3, -0.25) is 0 Å². The average Bonchev–Trinajstić information content (AvgIpc) is 2.46. The van der Waals surface area contributed by atoms with Gasteiger partial charge in [0.1, 0.15) is 5.75 Å². The van der Waals surface area contributed by atoms with E-state index in [1.807, 2.05) is 0 Å². The number of sulfonamides is 1. The van der Waals surface area contributed by atoms with Crippen molar-refractivity contribution in [2.75, 3.05) is 6.61 Å². The van der Waals surface area contributed by atoms with Gasteiger partial charge < -0.3 is 9.46 Å². The lowest BCUT2D eigenvalue weighted by molar-refractivity contribution is -0.0425. The SMILES string of the molecule is CCCCCCCCOc1ccc([N-]S(=O)(=O)C(F)(F)F)cc1. The first-order valence-corrected chi connectivity index (χ1v) is 8.97. The molecular formula is C15H21F3NO3S-. The summed E-state index contributed by atoms with van der Waals surface area (Å²) in [5.74, 6) is 0.474. The van der Waals surface area contributed by atoms with Crippen molar-refractivity contribution in [3.63, 3.8) is 0 Å². The quantitative estimate of drug-likeness (QED) is 0.538. The predicted molar refractivity (Wildman–Crippen MR) is 83.3 cm³/mol. The van der Waals surface area contributed by atoms with Crippen LogP contribution in [0.2, 0.25) is 0 Å². The second kappa shape index (κ2) is 9.00. The van der Waals surface area contributed by atoms with Gasteiger partial charge >= 0.3 is 5.51 Å². The van der Waals surface area contributed by atoms with E-state index in [-0.39, 0.29) is 5.69 Å². The average molecular weight is 352 g/mol. The maximum Gasteiger partial charge on any atom is 0.483 e. The Labute approximate surface area is 135 Å². The second-order valence-corrected chi connectivity index (χ2v) is 6.72. The third kappa shape index (κ3) is 7.11. The van der Waals surface area contributed by atoms with Gasteiger partial charge in [0.2, 0.25) is 0 Å². The van der Waals surface area contributed by atoms with Crippen LogP contribution in [0.4, 0.5) is 18.9 Å². The Morgan fingerprint density at radius 1 is 1.00 bits per heavy atom. The number of unbranched alkanes of at least 4 members (excludes halogenated alkanes) is 5. The smallest absolute Gasteiger partial charge is 0.483 e. The Bertz CT molecular complexity index is 556. The molecule has 23 heavy (non-hydrogen) atoms. The molecule has 0 saturated carbocycles. The van der Waals surface area contributed by atoms with E-state index in [0.29, 0.717) is 12.4 Å². The Morgan fingerprint density at radius 3 is 2.13 bits per heavy atom. The lowest BCUT2D eigenvalue weighted by atomic mass is 10.1. The van der Waals surface area contributed by atoms with Crippen molar-refractivity contribution >= 4 is 15.7 Å². The molecule has 0 amide bonds. The molecule has 0 saturated heterocycles. The summed E-state index contributed by atoms with van der Waals surface area (Å²) >= 11 is 0. The molecule has 0 fully saturated rings. The first-order valence-electron chi connectivity index (χ1n) is 7.53. The van der Waals surface area contributed by atoms with Gasteiger partial charge in [-0.1, -0.05) is 51.2 Å². The van der Waals surface area contributed by atoms with Crippen LogP contribution < -0.4 is 4.74 Å². The highest BCUT2D eigenvalue weighted by atomic mass is 32.2. The summed E-state index contributed by atoms with van der Waals surface area (Å²) in [5, 5.41) is 0. The molecule has 0 aromatic heterocycles. The van der Waals surface area contributed by atoms with Gasteiger partial charge in [-0.25, -0.2) is 8.42 Å². The van der Waals surface area contributed by atoms with E-state index < -0.39 is 15.5 Å². The summed E-state index contributed by atoms with van der Waals surface area (Å²) in [4.78, 5) is 0. The highest BCUT2D eigenvalue weighted by Crippen LogP contribution is 2.34. The monoisotopic (exact) mass is 352 g/mol. The highest BCUT2D eigenvalue weighted by molar-refractivity contribution is 7.95. The maximum atomic E-state index is 12.2. The zero-order valence-corrected chi connectivity index (χ0v) is 13.8. The van der Waals surface area contributed by atoms with Crippen molar-refractivity contribution < 1.29 is 26.3 Å². The molecule has 132 valence electrons. The van der Waals surface area contributed by atoms with Crippen LogP contribution in [0.15, 0.2) is 24.3 Å². The topological polar surface area (TPSA) is 57.5 Å². The number of hydrogen-bond donors (Lipinski definition) is 0. The fourth-order valence-corrected chi connectivity index (χ4v) is 2.37. The second-order valence-electron chi connectivity index (χ2n) is 5.12. The number of halogens is 3. The summed E-state index contributed by atoms with van der Waals surface area (Å²) in [7, 11) is -5.51. The van der Waals surface area contributed by atoms with Crippen molar-refractivity contribution in [1.82, 2.24) is 0 Å². The van der Waals surface area contributed by atoms with Crippen LogP contribution in [0.1, 0.15) is 45.4 Å². The van der Waals surface area contributed by atoms with Crippen LogP contribution in [0.25, 0.3) is 4.72 Å². The fraction of sp³-hybridized carbons (Fsp3) is 0.600. The molecule has 4 nitrogen and oxygen atoms in total. The van der Waals surface area contributed by atoms with Gasteiger partial charge in [0, 0.05) is 0 Å². The molecule has 0 radical (unpaired) electrons. The van der Waals surface area contributed by atoms with Crippen LogP contribution in [0.3, 0.4) is 0 Å². The molecule has 0 aliphatic rings. The van der Waals surface area contributed by atoms with Crippen LogP contribution in [-0.2, 0) is 10.0 Å². The Kier molecular flexibility index (Phi) is 7.67. The van der Waals surface area contributed by atoms with Gasteiger partial charge in [-0.05, 0) is 18.6 Å². The zero-order chi connectivity index (χ0) is 17.3. The minimum Gasteiger partial charge on any atom is -0.569 e. The molecule has 0 unspecified atom stereocenters. The summed E-state index contributed by atoms with van der Waals surface area (Å²) in [6.45, 7) is 2.67. The molecule has 1 rings (SSSR count). The lowest BCUT2D eigenvalue weighted by Gasteiger charge is -2.23. The van der Waals surface area contributed by atoms with E-state index in [4.69, 9.17) is 4.74 Å². The summed E-state index contributed by atoms with van der Waals surface area (Å²) in [5.41, 5.74) is -5.67. The minimum atomic E-state index is -5.51. The third-order valence-electron chi connectivity index (χ3n) is 3.12. The van der Waals surface area contributed by atoms with Crippen LogP contribution in [0, 0.1) is 0 Å². The van der Waals surface area contributed by atoms with Gasteiger partial charge in [-0.15, -0.1) is 5.69 Å². The number of rotatable bonds is 10. The van der Waals surface area contributed by atoms with E-state index >= 15 is 0 Å². The maximum absolute atomic E-state index is 12.2. The standard InChI is InChI=1S/C15H21F3NO3S/c1-2-3-4-5-6-7-12-22-14-10-8-13(9-11-14)19-23(20,21)15(16,17)18/h8-11H,2-7,12H2,1H3/q-1. The van der Waals surface area contributed by atoms with E-state index in [1.165, 1.54) is 43.5 Å². The molecule has 1 aromatic carbocycles. The molecule has 0 aliphatic heterocycles. The molecule has 0 heterocycles. The zero-order valence-electron chi connectivity index (χ0n) is 13.0. The van der Waals surface area contributed by atoms with Gasteiger partial charge in [0.05, 0.1) is 6.61 Å². The number of ether oxygens (including phenoxy) is 1. The minimum absolute atomic E-state index is 0.283. The van der Waals surface area contributed by atoms with Crippen molar-refractivity contribution in [2.45, 2.75) is 51.0 Å². The summed E-state index contributed by atoms with van der Waals surface area (Å²) in [6, 6.07) is 5.17. The van der Waals surface area contributed by atoms with E-state index in [1.54, 1.807) is 0 Å². The van der Waals surface area contributed by atoms with Crippen molar-refractivity contribution in [2.24, 2.45) is 0 Å². The van der Waals surface area contributed by atoms with Crippen LogP contribution >= 0.6 is 0 Å². The molecule has 0 bridgehead atoms. The van der Waals surface area contributed by atoms with Crippen molar-refractivity contribution in [1.29, 1.82) is 0 Å². The Morgan fingerprint density at radius 2 is 1.57 bits per heavy atom. The Hall–Kier alpha value is -1.44. The van der Waals surface area contributed by atoms with E-state index in [9.17, 15) is 21.6 Å². The summed E-state index contributed by atoms with van der Waals surface area (Å²) in [6.07, 6.45) is 6.75. The van der Waals surface area contributed by atoms with Gasteiger partial charge in [0.15, 0.2) is 10.0 Å².